The number of benzene rings is 7. The molecule has 0 bridgehead atoms. The molecule has 4 atom stereocenters. The number of Topliss-reactive ketones (excluding diaryl/α,β-unsaturated/α-hetero) is 1. The van der Waals surface area contributed by atoms with Crippen LogP contribution in [0.5, 0.6) is 57.5 Å². The Morgan fingerprint density at radius 3 is 1.23 bits per heavy atom. The van der Waals surface area contributed by atoms with Crippen molar-refractivity contribution in [2.24, 2.45) is 15.7 Å². The van der Waals surface area contributed by atoms with E-state index in [1.807, 2.05) is 60.7 Å². The number of hydrogen-bond donors (Lipinski definition) is 10. The highest BCUT2D eigenvalue weighted by atomic mass is 16.7. The van der Waals surface area contributed by atoms with Crippen molar-refractivity contribution in [3.05, 3.63) is 191 Å². The maximum atomic E-state index is 12.5. The van der Waals surface area contributed by atoms with E-state index < -0.39 is 70.9 Å². The number of carboxylic acid groups (broad SMARTS) is 2. The monoisotopic (exact) mass is 1660 g/mol. The number of aliphatic hydroxyl groups excluding tert-OH is 2. The molecule has 0 radical (unpaired) electrons. The second kappa shape index (κ2) is 47.8. The van der Waals surface area contributed by atoms with E-state index in [4.69, 9.17) is 96.8 Å². The van der Waals surface area contributed by atoms with E-state index in [0.29, 0.717) is 117 Å². The second-order valence-corrected chi connectivity index (χ2v) is 27.2. The number of aromatic hydroxyl groups is 4. The fourth-order valence-electron chi connectivity index (χ4n) is 9.64. The van der Waals surface area contributed by atoms with E-state index in [0.717, 1.165) is 11.1 Å². The molecule has 3 heterocycles. The number of aromatic carboxylic acids is 1. The van der Waals surface area contributed by atoms with Crippen molar-refractivity contribution >= 4 is 53.3 Å². The van der Waals surface area contributed by atoms with E-state index in [9.17, 15) is 59.1 Å². The molecule has 35 nitrogen and oxygen atoms in total. The van der Waals surface area contributed by atoms with Crippen molar-refractivity contribution in [1.29, 1.82) is 0 Å². The van der Waals surface area contributed by atoms with Gasteiger partial charge in [0.2, 0.25) is 17.6 Å². The molecule has 119 heavy (non-hydrogen) atoms. The maximum Gasteiger partial charge on any atom is 0.345 e. The van der Waals surface area contributed by atoms with Gasteiger partial charge in [-0.2, -0.15) is 0 Å². The van der Waals surface area contributed by atoms with Crippen LogP contribution in [0.15, 0.2) is 162 Å². The van der Waals surface area contributed by atoms with E-state index in [1.54, 1.807) is 98.8 Å². The van der Waals surface area contributed by atoms with Crippen molar-refractivity contribution in [1.82, 2.24) is 5.32 Å². The smallest absolute Gasteiger partial charge is 0.345 e. The Labute approximate surface area is 687 Å². The van der Waals surface area contributed by atoms with Gasteiger partial charge in [0.15, 0.2) is 16.9 Å². The van der Waals surface area contributed by atoms with Crippen LogP contribution in [0.1, 0.15) is 102 Å². The lowest BCUT2D eigenvalue weighted by Crippen LogP contribution is -2.54. The van der Waals surface area contributed by atoms with Crippen molar-refractivity contribution < 1.29 is 150 Å². The predicted molar refractivity (Wildman–Crippen MR) is 428 cm³/mol. The number of aliphatic hydroxyl groups is 2. The van der Waals surface area contributed by atoms with Gasteiger partial charge in [0.1, 0.15) is 139 Å². The molecular formula is C84H104N4O31. The SMILES string of the molecule is CC(N)(CO)C(=O)OCc1ccccc1.COCCOc1ccc(C(=O)NC(C)(CO)C(C)=O)c(O)c1.COCCOc1ccc(C(=O)O)c(O)c1.COCCOc1ccc(C2=NC(C)(C(=O)O)CO2)c(O)c1.COCCOc1ccc(C2=NC(C)(C(=O)OCc3ccccc3)CO2)c(O)c1.COCCOc1ccc2c(c1)OC(C)(C)OC2=O. The molecule has 0 saturated carbocycles. The summed E-state index contributed by atoms with van der Waals surface area (Å²) in [6, 6.07) is 41.4. The van der Waals surface area contributed by atoms with Gasteiger partial charge in [-0.25, -0.2) is 34.0 Å². The van der Waals surface area contributed by atoms with Crippen LogP contribution >= 0.6 is 0 Å². The van der Waals surface area contributed by atoms with Gasteiger partial charge in [0.25, 0.3) is 5.91 Å². The molecule has 0 fully saturated rings. The second-order valence-electron chi connectivity index (χ2n) is 27.2. The molecule has 11 N–H and O–H groups in total. The van der Waals surface area contributed by atoms with Gasteiger partial charge < -0.3 is 128 Å². The summed E-state index contributed by atoms with van der Waals surface area (Å²) in [7, 11) is 7.86. The number of nitrogens with one attached hydrogen (secondary N) is 1. The average molecular weight is 1670 g/mol. The number of aliphatic carboxylic acids is 1. The van der Waals surface area contributed by atoms with E-state index in [1.165, 1.54) is 76.2 Å². The minimum absolute atomic E-state index is 0.0139. The molecule has 4 unspecified atom stereocenters. The molecule has 10 rings (SSSR count). The minimum atomic E-state index is -1.39. The Morgan fingerprint density at radius 2 is 0.857 bits per heavy atom. The molecule has 0 aromatic heterocycles. The number of phenols is 4. The summed E-state index contributed by atoms with van der Waals surface area (Å²) in [5, 5.41) is 77.8. The van der Waals surface area contributed by atoms with Gasteiger partial charge in [-0.1, -0.05) is 60.7 Å². The Morgan fingerprint density at radius 1 is 0.479 bits per heavy atom. The number of nitrogens with two attached hydrogens (primary N) is 1. The largest absolute Gasteiger partial charge is 0.507 e. The van der Waals surface area contributed by atoms with Crippen LogP contribution in [0.3, 0.4) is 0 Å². The first-order valence-electron chi connectivity index (χ1n) is 36.7. The number of ether oxygens (including phenoxy) is 16. The number of rotatable bonds is 35. The number of methoxy groups -OCH3 is 5. The van der Waals surface area contributed by atoms with Crippen LogP contribution in [0, 0.1) is 0 Å². The molecule has 0 aliphatic carbocycles. The van der Waals surface area contributed by atoms with Gasteiger partial charge >= 0.3 is 29.8 Å². The highest BCUT2D eigenvalue weighted by Gasteiger charge is 2.43. The van der Waals surface area contributed by atoms with Crippen molar-refractivity contribution in [3.8, 4) is 57.5 Å². The molecule has 0 saturated heterocycles. The number of aliphatic imine (C=N–C) groups is 2. The topological polar surface area (TPSA) is 492 Å². The van der Waals surface area contributed by atoms with Gasteiger partial charge in [0.05, 0.1) is 62.9 Å². The molecule has 0 spiro atoms. The molecule has 7 aromatic carbocycles. The summed E-state index contributed by atoms with van der Waals surface area (Å²) in [5.41, 5.74) is 3.05. The van der Waals surface area contributed by atoms with Gasteiger partial charge in [-0.05, 0) is 106 Å². The number of hydrogen-bond acceptors (Lipinski definition) is 32. The zero-order chi connectivity index (χ0) is 87.9. The third kappa shape index (κ3) is 31.2. The van der Waals surface area contributed by atoms with Crippen molar-refractivity contribution in [2.75, 3.05) is 128 Å². The molecule has 1 amide bonds. The lowest BCUT2D eigenvalue weighted by atomic mass is 9.98. The van der Waals surface area contributed by atoms with Gasteiger partial charge in [-0.15, -0.1) is 0 Å². The number of esters is 3. The fourth-order valence-corrected chi connectivity index (χ4v) is 9.64. The fraction of sp³-hybridized carbons (Fsp3) is 0.393. The summed E-state index contributed by atoms with van der Waals surface area (Å²) in [6.07, 6.45) is 0. The maximum absolute atomic E-state index is 12.5. The Bertz CT molecular complexity index is 4520. The average Bonchev–Trinajstić information content (AvgIpc) is 1.43. The molecule has 3 aliphatic rings. The summed E-state index contributed by atoms with van der Waals surface area (Å²) >= 11 is 0. The predicted octanol–water partition coefficient (Wildman–Crippen LogP) is 7.77. The highest BCUT2D eigenvalue weighted by molar-refractivity contribution is 6.03. The molecule has 35 heteroatoms. The Hall–Kier alpha value is -12.4. The number of nitrogens with zero attached hydrogens (tertiary/aromatic N) is 2. The lowest BCUT2D eigenvalue weighted by molar-refractivity contribution is -0.152. The van der Waals surface area contributed by atoms with Crippen LogP contribution in [0.25, 0.3) is 0 Å². The first-order chi connectivity index (χ1) is 56.5. The van der Waals surface area contributed by atoms with Crippen molar-refractivity contribution in [2.45, 2.75) is 89.6 Å². The number of ketones is 1. The van der Waals surface area contributed by atoms with E-state index in [-0.39, 0.29) is 84.1 Å². The van der Waals surface area contributed by atoms with Crippen LogP contribution in [-0.2, 0) is 79.8 Å². The number of carbonyl (C=O) groups excluding carboxylic acids is 5. The quantitative estimate of drug-likeness (QED) is 0.0103. The number of phenolic OH excluding ortho intramolecular Hbond substituents is 3. The third-order valence-corrected chi connectivity index (χ3v) is 16.7. The third-order valence-electron chi connectivity index (χ3n) is 16.7. The normalized spacial score (nSPS) is 16.0. The first kappa shape index (κ1) is 97.2. The van der Waals surface area contributed by atoms with E-state index >= 15 is 0 Å². The highest BCUT2D eigenvalue weighted by Crippen LogP contribution is 2.36. The van der Waals surface area contributed by atoms with Gasteiger partial charge in [-0.3, -0.25) is 9.59 Å². The molecule has 646 valence electrons. The van der Waals surface area contributed by atoms with Gasteiger partial charge in [0, 0.05) is 79.7 Å². The number of carboxylic acids is 2. The summed E-state index contributed by atoms with van der Waals surface area (Å²) in [4.78, 5) is 89.2. The molecular weight excluding hydrogens is 1560 g/mol. The molecule has 7 aromatic rings. The van der Waals surface area contributed by atoms with Crippen LogP contribution < -0.4 is 39.5 Å². The number of amides is 1. The number of carbonyl (C=O) groups is 7. The van der Waals surface area contributed by atoms with Crippen LogP contribution in [0.2, 0.25) is 0 Å². The van der Waals surface area contributed by atoms with E-state index in [2.05, 4.69) is 15.3 Å². The summed E-state index contributed by atoms with van der Waals surface area (Å²) in [5.74, 6) is -3.22. The number of cyclic esters (lactones) is 1. The number of fused-ring (bicyclic) bond motifs is 1. The first-order valence-corrected chi connectivity index (χ1v) is 36.7. The minimum Gasteiger partial charge on any atom is -0.507 e. The van der Waals surface area contributed by atoms with Crippen LogP contribution in [-0.4, -0.2) is 250 Å². The standard InChI is InChI=1S/C21H23NO6.C15H21NO6.C14H17NO6.C13H16O5.C11H15NO3.C10H12O5/c1-21(20(24)27-13-15-6-4-3-5-7-15)14-28-19(22-21)17-9-8-16(12-18(17)23)26-11-10-25-2;1-10(18)15(2,9-17)16-14(20)12-5-4-11(8-13(12)19)22-7-6-21-3;1-14(13(17)18)8-21-12(15-14)10-4-3-9(7-11(10)16)20-6-5-19-2;1-13(2)17-11-8-9(16-7-6-15-3)4-5-10(11)12(14)18-13;1-11(12,8-13)10(14)15-7-9-5-3-2-4-6-9;1-14-4-5-15-7-2-3-8(10(12)13)9(11)6-7/h3-9,12,23H,10-11,13-14H2,1-2H3;4-5,8,17,19H,6-7,9H2,1-3H3,(H,16,20);3-4,7,16H,5-6,8H2,1-2H3,(H,17,18);4-5,8H,6-7H2,1-3H3;2-6,13H,7-8,12H2,1H3;2-3,6,11H,4-5H2,1H3,(H,12,13). The van der Waals surface area contributed by atoms with Crippen LogP contribution in [0.4, 0.5) is 0 Å². The Kier molecular flexibility index (Phi) is 39.0. The molecule has 3 aliphatic heterocycles. The Balaban J connectivity index is 0.000000258. The zero-order valence-electron chi connectivity index (χ0n) is 68.2. The zero-order valence-corrected chi connectivity index (χ0v) is 68.2. The van der Waals surface area contributed by atoms with Crippen molar-refractivity contribution in [3.63, 3.8) is 0 Å². The summed E-state index contributed by atoms with van der Waals surface area (Å²) < 4.78 is 83.0. The lowest BCUT2D eigenvalue weighted by Gasteiger charge is -2.31. The summed E-state index contributed by atoms with van der Waals surface area (Å²) in [6.45, 7) is 14.0.